The Kier molecular flexibility index (Phi) is 4.86. The normalized spacial score (nSPS) is 12.8. The van der Waals surface area contributed by atoms with E-state index in [4.69, 9.17) is 13.5 Å². The Morgan fingerprint density at radius 2 is 1.17 bits per heavy atom. The zero-order chi connectivity index (χ0) is 24.4. The lowest BCUT2D eigenvalue weighted by atomic mass is 9.80. The molecule has 4 aromatic carbocycles. The molecule has 0 atom stereocenters. The highest BCUT2D eigenvalue weighted by molar-refractivity contribution is 6.53. The van der Waals surface area contributed by atoms with Gasteiger partial charge in [0.1, 0.15) is 22.3 Å². The standard InChI is InChI=1S/C30H27BO4/c1-29(2,32)30(3,4)35-31-21-13-9-17-25-28(21)27-19(12-8-16-24(27)34-25)18-11-7-15-23-26(18)20-10-5-6-14-22(20)33-23/h5-17,31-32H,1-4H3. The van der Waals surface area contributed by atoms with E-state index >= 15 is 0 Å². The van der Waals surface area contributed by atoms with Crippen LogP contribution < -0.4 is 5.46 Å². The summed E-state index contributed by atoms with van der Waals surface area (Å²) >= 11 is 0. The molecule has 0 saturated heterocycles. The summed E-state index contributed by atoms with van der Waals surface area (Å²) in [5.41, 5.74) is 4.90. The number of rotatable bonds is 5. The van der Waals surface area contributed by atoms with Crippen LogP contribution in [-0.4, -0.2) is 23.8 Å². The number of para-hydroxylation sites is 1. The SMILES string of the molecule is CC(C)(O)C(C)(C)OBc1cccc2oc3cccc(-c4cccc5oc6ccccc6c45)c3c12. The van der Waals surface area contributed by atoms with Crippen LogP contribution in [0.4, 0.5) is 0 Å². The lowest BCUT2D eigenvalue weighted by Crippen LogP contribution is -2.49. The van der Waals surface area contributed by atoms with Gasteiger partial charge in [-0.15, -0.1) is 0 Å². The van der Waals surface area contributed by atoms with Gasteiger partial charge in [0.05, 0.1) is 11.2 Å². The molecule has 0 aliphatic heterocycles. The van der Waals surface area contributed by atoms with Crippen LogP contribution in [0.3, 0.4) is 0 Å². The molecule has 0 spiro atoms. The fourth-order valence-corrected chi connectivity index (χ4v) is 4.72. The smallest absolute Gasteiger partial charge is 0.310 e. The summed E-state index contributed by atoms with van der Waals surface area (Å²) in [4.78, 5) is 0. The first-order valence-corrected chi connectivity index (χ1v) is 11.9. The van der Waals surface area contributed by atoms with Crippen molar-refractivity contribution < 1.29 is 18.6 Å². The van der Waals surface area contributed by atoms with Gasteiger partial charge in [0, 0.05) is 21.5 Å². The average Bonchev–Trinajstić information content (AvgIpc) is 3.40. The summed E-state index contributed by atoms with van der Waals surface area (Å²) in [7, 11) is 0.357. The molecule has 5 heteroatoms. The van der Waals surface area contributed by atoms with Crippen molar-refractivity contribution >= 4 is 56.8 Å². The summed E-state index contributed by atoms with van der Waals surface area (Å²) in [6.07, 6.45) is 0. The van der Waals surface area contributed by atoms with Crippen LogP contribution >= 0.6 is 0 Å². The van der Waals surface area contributed by atoms with E-state index < -0.39 is 11.2 Å². The zero-order valence-electron chi connectivity index (χ0n) is 20.4. The summed E-state index contributed by atoms with van der Waals surface area (Å²) in [5, 5.41) is 14.9. The van der Waals surface area contributed by atoms with Gasteiger partial charge in [0.15, 0.2) is 0 Å². The van der Waals surface area contributed by atoms with Crippen LogP contribution in [0.2, 0.25) is 0 Å². The number of furan rings is 2. The summed E-state index contributed by atoms with van der Waals surface area (Å²) < 4.78 is 18.7. The molecule has 0 saturated carbocycles. The number of fused-ring (bicyclic) bond motifs is 6. The van der Waals surface area contributed by atoms with Gasteiger partial charge in [0.2, 0.25) is 0 Å². The van der Waals surface area contributed by atoms with E-state index in [1.807, 2.05) is 68.4 Å². The van der Waals surface area contributed by atoms with Crippen molar-refractivity contribution in [1.29, 1.82) is 0 Å². The second-order valence-corrected chi connectivity index (χ2v) is 10.2. The molecule has 35 heavy (non-hydrogen) atoms. The van der Waals surface area contributed by atoms with E-state index in [1.165, 1.54) is 0 Å². The molecule has 1 N–H and O–H groups in total. The molecule has 4 nitrogen and oxygen atoms in total. The molecule has 0 amide bonds. The Bertz CT molecular complexity index is 1720. The molecule has 2 heterocycles. The van der Waals surface area contributed by atoms with E-state index in [9.17, 15) is 5.11 Å². The molecule has 0 fully saturated rings. The number of hydrogen-bond donors (Lipinski definition) is 1. The van der Waals surface area contributed by atoms with Crippen LogP contribution in [0.1, 0.15) is 27.7 Å². The van der Waals surface area contributed by atoms with E-state index in [2.05, 4.69) is 24.3 Å². The first-order chi connectivity index (χ1) is 16.7. The lowest BCUT2D eigenvalue weighted by molar-refractivity contribution is -0.0893. The number of hydrogen-bond acceptors (Lipinski definition) is 4. The molecule has 0 aliphatic carbocycles. The Morgan fingerprint density at radius 3 is 1.89 bits per heavy atom. The first-order valence-electron chi connectivity index (χ1n) is 11.9. The minimum Gasteiger partial charge on any atom is -0.456 e. The zero-order valence-corrected chi connectivity index (χ0v) is 20.4. The van der Waals surface area contributed by atoms with Crippen molar-refractivity contribution in [3.8, 4) is 11.1 Å². The molecule has 0 radical (unpaired) electrons. The Hall–Kier alpha value is -3.54. The van der Waals surface area contributed by atoms with E-state index in [0.29, 0.717) is 7.48 Å². The second-order valence-electron chi connectivity index (χ2n) is 10.2. The van der Waals surface area contributed by atoms with Gasteiger partial charge in [-0.1, -0.05) is 54.6 Å². The second kappa shape index (κ2) is 7.74. The summed E-state index contributed by atoms with van der Waals surface area (Å²) in [5.74, 6) is 0. The maximum Gasteiger partial charge on any atom is 0.310 e. The fourth-order valence-electron chi connectivity index (χ4n) is 4.72. The Labute approximate surface area is 204 Å². The topological polar surface area (TPSA) is 55.7 Å². The maximum atomic E-state index is 10.6. The largest absolute Gasteiger partial charge is 0.456 e. The van der Waals surface area contributed by atoms with Gasteiger partial charge < -0.3 is 18.6 Å². The third kappa shape index (κ3) is 3.46. The first kappa shape index (κ1) is 22.0. The Balaban J connectivity index is 1.60. The molecule has 6 aromatic rings. The van der Waals surface area contributed by atoms with Crippen LogP contribution in [-0.2, 0) is 4.65 Å². The number of benzene rings is 4. The van der Waals surface area contributed by atoms with E-state index in [0.717, 1.165) is 60.5 Å². The predicted molar refractivity (Wildman–Crippen MR) is 145 cm³/mol. The molecule has 6 rings (SSSR count). The minimum atomic E-state index is -0.984. The third-order valence-electron chi connectivity index (χ3n) is 7.36. The average molecular weight is 462 g/mol. The molecular weight excluding hydrogens is 435 g/mol. The fraction of sp³-hybridized carbons (Fsp3) is 0.200. The lowest BCUT2D eigenvalue weighted by Gasteiger charge is -2.37. The maximum absolute atomic E-state index is 10.6. The van der Waals surface area contributed by atoms with Crippen LogP contribution in [0, 0.1) is 0 Å². The molecule has 2 aromatic heterocycles. The van der Waals surface area contributed by atoms with E-state index in [-0.39, 0.29) is 0 Å². The summed E-state index contributed by atoms with van der Waals surface area (Å²) in [6, 6.07) is 26.6. The summed E-state index contributed by atoms with van der Waals surface area (Å²) in [6.45, 7) is 7.37. The van der Waals surface area contributed by atoms with Crippen molar-refractivity contribution in [3.05, 3.63) is 78.9 Å². The van der Waals surface area contributed by atoms with Gasteiger partial charge in [-0.2, -0.15) is 0 Å². The predicted octanol–water partition coefficient (Wildman–Crippen LogP) is 6.70. The van der Waals surface area contributed by atoms with Crippen molar-refractivity contribution in [2.45, 2.75) is 38.9 Å². The molecule has 0 bridgehead atoms. The van der Waals surface area contributed by atoms with Crippen molar-refractivity contribution in [1.82, 2.24) is 0 Å². The van der Waals surface area contributed by atoms with Crippen molar-refractivity contribution in [2.75, 3.05) is 0 Å². The van der Waals surface area contributed by atoms with E-state index in [1.54, 1.807) is 13.8 Å². The van der Waals surface area contributed by atoms with Gasteiger partial charge in [-0.05, 0) is 68.6 Å². The Morgan fingerprint density at radius 1 is 0.629 bits per heavy atom. The van der Waals surface area contributed by atoms with Crippen molar-refractivity contribution in [2.24, 2.45) is 0 Å². The van der Waals surface area contributed by atoms with Crippen molar-refractivity contribution in [3.63, 3.8) is 0 Å². The highest BCUT2D eigenvalue weighted by atomic mass is 16.5. The monoisotopic (exact) mass is 462 g/mol. The van der Waals surface area contributed by atoms with Gasteiger partial charge in [-0.3, -0.25) is 0 Å². The van der Waals surface area contributed by atoms with Crippen LogP contribution in [0.5, 0.6) is 0 Å². The molecule has 0 aliphatic rings. The van der Waals surface area contributed by atoms with Crippen LogP contribution in [0.15, 0.2) is 87.7 Å². The van der Waals surface area contributed by atoms with Gasteiger partial charge in [-0.25, -0.2) is 0 Å². The van der Waals surface area contributed by atoms with Gasteiger partial charge >= 0.3 is 7.48 Å². The van der Waals surface area contributed by atoms with Gasteiger partial charge in [0.25, 0.3) is 0 Å². The molecule has 174 valence electrons. The highest BCUT2D eigenvalue weighted by Gasteiger charge is 2.36. The minimum absolute atomic E-state index is 0.357. The third-order valence-corrected chi connectivity index (χ3v) is 7.36. The quantitative estimate of drug-likeness (QED) is 0.290. The molecule has 0 unspecified atom stereocenters. The highest BCUT2D eigenvalue weighted by Crippen LogP contribution is 2.41. The van der Waals surface area contributed by atoms with Crippen LogP contribution in [0.25, 0.3) is 55.0 Å². The number of aliphatic hydroxyl groups is 1. The molecular formula is C30H27BO4.